The smallest absolute Gasteiger partial charge is 0.261 e. The first-order valence-electron chi connectivity index (χ1n) is 9.59. The summed E-state index contributed by atoms with van der Waals surface area (Å²) in [6, 6.07) is 12.0. The summed E-state index contributed by atoms with van der Waals surface area (Å²) in [5.41, 5.74) is 1.77. The van der Waals surface area contributed by atoms with Gasteiger partial charge in [-0.25, -0.2) is 0 Å². The van der Waals surface area contributed by atoms with E-state index in [-0.39, 0.29) is 25.0 Å². The molecule has 1 atom stereocenters. The van der Waals surface area contributed by atoms with Crippen molar-refractivity contribution >= 4 is 35.0 Å². The molecule has 0 spiro atoms. The summed E-state index contributed by atoms with van der Waals surface area (Å²) in [4.78, 5) is 26.8. The second-order valence-electron chi connectivity index (χ2n) is 6.58. The van der Waals surface area contributed by atoms with Crippen LogP contribution >= 0.6 is 23.2 Å². The molecule has 0 saturated carbocycles. The average molecular weight is 437 g/mol. The van der Waals surface area contributed by atoms with E-state index in [4.69, 9.17) is 27.9 Å². The van der Waals surface area contributed by atoms with Gasteiger partial charge in [-0.1, -0.05) is 48.3 Å². The first-order chi connectivity index (χ1) is 13.9. The normalized spacial score (nSPS) is 11.6. The van der Waals surface area contributed by atoms with Crippen molar-refractivity contribution in [2.24, 2.45) is 0 Å². The van der Waals surface area contributed by atoms with Gasteiger partial charge in [0.1, 0.15) is 11.8 Å². The van der Waals surface area contributed by atoms with Crippen LogP contribution in [0, 0.1) is 0 Å². The third kappa shape index (κ3) is 6.38. The van der Waals surface area contributed by atoms with Gasteiger partial charge in [-0.15, -0.1) is 0 Å². The molecule has 2 rings (SSSR count). The molecule has 2 aromatic rings. The van der Waals surface area contributed by atoms with Crippen LogP contribution in [0.15, 0.2) is 42.5 Å². The number of carbonyl (C=O) groups is 2. The van der Waals surface area contributed by atoms with Crippen LogP contribution in [0.4, 0.5) is 0 Å². The number of amides is 2. The van der Waals surface area contributed by atoms with E-state index in [1.807, 2.05) is 31.2 Å². The number of nitrogens with zero attached hydrogens (tertiary/aromatic N) is 1. The van der Waals surface area contributed by atoms with Crippen molar-refractivity contribution < 1.29 is 14.3 Å². The Hall–Kier alpha value is -2.24. The number of hydrogen-bond donors (Lipinski definition) is 1. The molecule has 0 radical (unpaired) electrons. The van der Waals surface area contributed by atoms with Crippen LogP contribution in [0.3, 0.4) is 0 Å². The molecule has 0 aliphatic heterocycles. The molecule has 0 saturated heterocycles. The Balaban J connectivity index is 2.18. The van der Waals surface area contributed by atoms with Crippen LogP contribution in [0.2, 0.25) is 10.0 Å². The monoisotopic (exact) mass is 436 g/mol. The van der Waals surface area contributed by atoms with Gasteiger partial charge >= 0.3 is 0 Å². The van der Waals surface area contributed by atoms with E-state index in [0.717, 1.165) is 6.42 Å². The largest absolute Gasteiger partial charge is 0.484 e. The first-order valence-corrected chi connectivity index (χ1v) is 10.3. The molecule has 2 amide bonds. The van der Waals surface area contributed by atoms with E-state index in [1.54, 1.807) is 25.1 Å². The van der Waals surface area contributed by atoms with Crippen LogP contribution in [0.25, 0.3) is 0 Å². The zero-order valence-corrected chi connectivity index (χ0v) is 18.4. The minimum Gasteiger partial charge on any atom is -0.484 e. The fourth-order valence-electron chi connectivity index (χ4n) is 2.81. The number of halogens is 2. The molecule has 0 bridgehead atoms. The SMILES string of the molecule is CCNC(=O)[C@H](C)N(Cc1c(Cl)cccc1Cl)C(=O)COc1ccc(CC)cc1. The molecular weight excluding hydrogens is 411 g/mol. The van der Waals surface area contributed by atoms with Crippen molar-refractivity contribution in [3.63, 3.8) is 0 Å². The number of carbonyl (C=O) groups excluding carboxylic acids is 2. The highest BCUT2D eigenvalue weighted by molar-refractivity contribution is 6.36. The quantitative estimate of drug-likeness (QED) is 0.629. The molecule has 1 N–H and O–H groups in total. The third-order valence-corrected chi connectivity index (χ3v) is 5.31. The Morgan fingerprint density at radius 1 is 1.07 bits per heavy atom. The summed E-state index contributed by atoms with van der Waals surface area (Å²) in [7, 11) is 0. The van der Waals surface area contributed by atoms with Crippen molar-refractivity contribution in [3.05, 3.63) is 63.6 Å². The lowest BCUT2D eigenvalue weighted by Gasteiger charge is -2.29. The van der Waals surface area contributed by atoms with Crippen molar-refractivity contribution in [1.82, 2.24) is 10.2 Å². The van der Waals surface area contributed by atoms with E-state index in [9.17, 15) is 9.59 Å². The Kier molecular flexibility index (Phi) is 8.80. The van der Waals surface area contributed by atoms with Gasteiger partial charge in [-0.05, 0) is 50.1 Å². The van der Waals surface area contributed by atoms with Gasteiger partial charge < -0.3 is 15.0 Å². The number of nitrogens with one attached hydrogen (secondary N) is 1. The fourth-order valence-corrected chi connectivity index (χ4v) is 3.32. The van der Waals surface area contributed by atoms with Crippen molar-refractivity contribution in [2.45, 2.75) is 39.8 Å². The fraction of sp³-hybridized carbons (Fsp3) is 0.364. The zero-order chi connectivity index (χ0) is 21.4. The van der Waals surface area contributed by atoms with Crippen LogP contribution in [-0.2, 0) is 22.6 Å². The van der Waals surface area contributed by atoms with Gasteiger partial charge in [0.05, 0.1) is 0 Å². The average Bonchev–Trinajstić information content (AvgIpc) is 2.72. The van der Waals surface area contributed by atoms with Crippen molar-refractivity contribution in [1.29, 1.82) is 0 Å². The Morgan fingerprint density at radius 3 is 2.24 bits per heavy atom. The lowest BCUT2D eigenvalue weighted by atomic mass is 10.1. The molecule has 0 fully saturated rings. The van der Waals surface area contributed by atoms with Gasteiger partial charge in [-0.3, -0.25) is 9.59 Å². The molecule has 2 aromatic carbocycles. The summed E-state index contributed by atoms with van der Waals surface area (Å²) in [5.74, 6) is 0.00701. The molecule has 156 valence electrons. The van der Waals surface area contributed by atoms with Crippen molar-refractivity contribution in [3.8, 4) is 5.75 Å². The summed E-state index contributed by atoms with van der Waals surface area (Å²) < 4.78 is 5.65. The topological polar surface area (TPSA) is 58.6 Å². The molecule has 0 aromatic heterocycles. The number of hydrogen-bond acceptors (Lipinski definition) is 3. The van der Waals surface area contributed by atoms with Gasteiger partial charge in [0.15, 0.2) is 6.61 Å². The highest BCUT2D eigenvalue weighted by Gasteiger charge is 2.27. The highest BCUT2D eigenvalue weighted by Crippen LogP contribution is 2.26. The van der Waals surface area contributed by atoms with Gasteiger partial charge in [0, 0.05) is 28.7 Å². The Bertz CT molecular complexity index is 820. The number of rotatable bonds is 9. The predicted molar refractivity (Wildman–Crippen MR) is 116 cm³/mol. The van der Waals surface area contributed by atoms with E-state index in [1.165, 1.54) is 10.5 Å². The predicted octanol–water partition coefficient (Wildman–Crippen LogP) is 4.49. The first kappa shape index (κ1) is 23.0. The minimum absolute atomic E-state index is 0.105. The lowest BCUT2D eigenvalue weighted by Crippen LogP contribution is -2.49. The lowest BCUT2D eigenvalue weighted by molar-refractivity contribution is -0.142. The van der Waals surface area contributed by atoms with E-state index >= 15 is 0 Å². The molecule has 0 aliphatic carbocycles. The van der Waals surface area contributed by atoms with E-state index < -0.39 is 6.04 Å². The van der Waals surface area contributed by atoms with Gasteiger partial charge in [0.2, 0.25) is 5.91 Å². The standard InChI is InChI=1S/C22H26Cl2N2O3/c1-4-16-9-11-17(12-10-16)29-14-21(27)26(15(3)22(28)25-5-2)13-18-19(23)7-6-8-20(18)24/h6-12,15H,4-5,13-14H2,1-3H3,(H,25,28)/t15-/m0/s1. The van der Waals surface area contributed by atoms with E-state index in [2.05, 4.69) is 12.2 Å². The maximum absolute atomic E-state index is 13.0. The molecule has 0 heterocycles. The second-order valence-corrected chi connectivity index (χ2v) is 7.39. The maximum Gasteiger partial charge on any atom is 0.261 e. The summed E-state index contributed by atoms with van der Waals surface area (Å²) in [6.45, 7) is 5.94. The zero-order valence-electron chi connectivity index (χ0n) is 16.9. The molecule has 7 heteroatoms. The summed E-state index contributed by atoms with van der Waals surface area (Å²) >= 11 is 12.5. The Morgan fingerprint density at radius 2 is 1.69 bits per heavy atom. The van der Waals surface area contributed by atoms with Crippen LogP contribution in [-0.4, -0.2) is 35.9 Å². The summed E-state index contributed by atoms with van der Waals surface area (Å²) in [6.07, 6.45) is 0.926. The highest BCUT2D eigenvalue weighted by atomic mass is 35.5. The van der Waals surface area contributed by atoms with Crippen molar-refractivity contribution in [2.75, 3.05) is 13.2 Å². The Labute approximate surface area is 181 Å². The number of benzene rings is 2. The number of likely N-dealkylation sites (N-methyl/N-ethyl adjacent to an activating group) is 1. The van der Waals surface area contributed by atoms with Crippen LogP contribution < -0.4 is 10.1 Å². The van der Waals surface area contributed by atoms with Gasteiger partial charge in [-0.2, -0.15) is 0 Å². The minimum atomic E-state index is -0.708. The number of aryl methyl sites for hydroxylation is 1. The molecular formula is C22H26Cl2N2O3. The van der Waals surface area contributed by atoms with Crippen LogP contribution in [0.5, 0.6) is 5.75 Å². The van der Waals surface area contributed by atoms with E-state index in [0.29, 0.717) is 27.9 Å². The molecule has 0 unspecified atom stereocenters. The second kappa shape index (κ2) is 11.1. The molecule has 5 nitrogen and oxygen atoms in total. The molecule has 0 aliphatic rings. The van der Waals surface area contributed by atoms with Crippen LogP contribution in [0.1, 0.15) is 31.9 Å². The third-order valence-electron chi connectivity index (χ3n) is 4.60. The summed E-state index contributed by atoms with van der Waals surface area (Å²) in [5, 5.41) is 3.62. The number of ether oxygens (including phenoxy) is 1. The van der Waals surface area contributed by atoms with Gasteiger partial charge in [0.25, 0.3) is 5.91 Å². The maximum atomic E-state index is 13.0. The molecule has 29 heavy (non-hydrogen) atoms.